The van der Waals surface area contributed by atoms with Crippen molar-refractivity contribution in [3.8, 4) is 0 Å². The van der Waals surface area contributed by atoms with Crippen LogP contribution in [0.2, 0.25) is 0 Å². The summed E-state index contributed by atoms with van der Waals surface area (Å²) in [4.78, 5) is 7.29. The van der Waals surface area contributed by atoms with Gasteiger partial charge in [0.2, 0.25) is 0 Å². The van der Waals surface area contributed by atoms with Crippen LogP contribution in [-0.2, 0) is 19.6 Å². The zero-order valence-corrected chi connectivity index (χ0v) is 19.3. The highest BCUT2D eigenvalue weighted by Crippen LogP contribution is 2.16. The van der Waals surface area contributed by atoms with Gasteiger partial charge in [-0.15, -0.1) is 24.0 Å². The maximum atomic E-state index is 4.71. The van der Waals surface area contributed by atoms with Gasteiger partial charge in [0, 0.05) is 19.6 Å². The lowest BCUT2D eigenvalue weighted by atomic mass is 10.0. The van der Waals surface area contributed by atoms with Crippen molar-refractivity contribution in [2.75, 3.05) is 19.6 Å². The van der Waals surface area contributed by atoms with Crippen molar-refractivity contribution in [3.63, 3.8) is 0 Å². The average Bonchev–Trinajstić information content (AvgIpc) is 3.19. The molecule has 2 heterocycles. The van der Waals surface area contributed by atoms with Gasteiger partial charge in [0.15, 0.2) is 5.96 Å². The quantitative estimate of drug-likeness (QED) is 0.333. The van der Waals surface area contributed by atoms with Crippen LogP contribution in [-0.4, -0.2) is 30.5 Å². The van der Waals surface area contributed by atoms with Gasteiger partial charge in [-0.3, -0.25) is 4.90 Å². The number of aliphatic imine (C=N–C) groups is 1. The maximum absolute atomic E-state index is 4.71. The van der Waals surface area contributed by atoms with Crippen LogP contribution in [0, 0.1) is 0 Å². The highest BCUT2D eigenvalue weighted by Gasteiger charge is 2.12. The molecule has 0 atom stereocenters. The number of nitrogens with one attached hydrogen (secondary N) is 2. The van der Waals surface area contributed by atoms with E-state index in [1.54, 1.807) is 11.3 Å². The normalized spacial score (nSPS) is 15.2. The Balaban J connectivity index is 0.00000261. The smallest absolute Gasteiger partial charge is 0.191 e. The Bertz CT molecular complexity index is 681. The number of rotatable bonds is 7. The predicted octanol–water partition coefficient (Wildman–Crippen LogP) is 4.61. The molecule has 27 heavy (non-hydrogen) atoms. The lowest BCUT2D eigenvalue weighted by Crippen LogP contribution is -2.37. The topological polar surface area (TPSA) is 39.7 Å². The first kappa shape index (κ1) is 22.2. The summed E-state index contributed by atoms with van der Waals surface area (Å²) in [7, 11) is 0. The highest BCUT2D eigenvalue weighted by molar-refractivity contribution is 14.0. The Morgan fingerprint density at radius 1 is 1.07 bits per heavy atom. The molecule has 0 spiro atoms. The summed E-state index contributed by atoms with van der Waals surface area (Å²) < 4.78 is 0. The molecule has 0 unspecified atom stereocenters. The van der Waals surface area contributed by atoms with Crippen molar-refractivity contribution >= 4 is 41.3 Å². The molecular formula is C21H31IN4S. The maximum Gasteiger partial charge on any atom is 0.191 e. The Kier molecular flexibility index (Phi) is 10.2. The van der Waals surface area contributed by atoms with E-state index in [0.29, 0.717) is 6.54 Å². The molecule has 3 rings (SSSR count). The number of hydrogen-bond acceptors (Lipinski definition) is 3. The summed E-state index contributed by atoms with van der Waals surface area (Å²) in [5.74, 6) is 0.881. The third-order valence-electron chi connectivity index (χ3n) is 4.75. The fourth-order valence-electron chi connectivity index (χ4n) is 3.32. The monoisotopic (exact) mass is 498 g/mol. The number of guanidine groups is 1. The van der Waals surface area contributed by atoms with Crippen LogP contribution < -0.4 is 10.6 Å². The molecule has 1 aliphatic heterocycles. The van der Waals surface area contributed by atoms with E-state index < -0.39 is 0 Å². The molecule has 1 saturated heterocycles. The average molecular weight is 498 g/mol. The molecule has 148 valence electrons. The van der Waals surface area contributed by atoms with Crippen molar-refractivity contribution in [2.45, 2.75) is 45.8 Å². The molecular weight excluding hydrogens is 467 g/mol. The number of piperidine rings is 1. The Hall–Kier alpha value is -1.12. The van der Waals surface area contributed by atoms with Gasteiger partial charge < -0.3 is 10.6 Å². The van der Waals surface area contributed by atoms with Crippen molar-refractivity contribution in [2.24, 2.45) is 4.99 Å². The molecule has 0 amide bonds. The molecule has 4 nitrogen and oxygen atoms in total. The van der Waals surface area contributed by atoms with E-state index in [0.717, 1.165) is 25.6 Å². The van der Waals surface area contributed by atoms with E-state index in [-0.39, 0.29) is 24.0 Å². The van der Waals surface area contributed by atoms with Gasteiger partial charge in [0.25, 0.3) is 0 Å². The fraction of sp³-hybridized carbons (Fsp3) is 0.476. The van der Waals surface area contributed by atoms with E-state index in [4.69, 9.17) is 4.99 Å². The molecule has 2 aromatic rings. The molecule has 1 aliphatic rings. The standard InChI is InChI=1S/C21H30N4S.HI/c1-2-22-21(23-14-18-10-13-26-17-18)24-15-19-8-4-5-9-20(19)16-25-11-6-3-7-12-25;/h4-5,8-10,13,17H,2-3,6-7,11-12,14-16H2,1H3,(H2,22,23,24);1H. The van der Waals surface area contributed by atoms with Gasteiger partial charge in [-0.2, -0.15) is 11.3 Å². The largest absolute Gasteiger partial charge is 0.357 e. The number of likely N-dealkylation sites (tertiary alicyclic amines) is 1. The Morgan fingerprint density at radius 3 is 2.56 bits per heavy atom. The number of nitrogens with zero attached hydrogens (tertiary/aromatic N) is 2. The molecule has 0 saturated carbocycles. The van der Waals surface area contributed by atoms with Crippen molar-refractivity contribution < 1.29 is 0 Å². The molecule has 0 bridgehead atoms. The van der Waals surface area contributed by atoms with Gasteiger partial charge in [-0.25, -0.2) is 4.99 Å². The summed E-state index contributed by atoms with van der Waals surface area (Å²) in [5.41, 5.74) is 4.05. The minimum Gasteiger partial charge on any atom is -0.357 e. The fourth-order valence-corrected chi connectivity index (χ4v) is 3.98. The second kappa shape index (κ2) is 12.4. The van der Waals surface area contributed by atoms with E-state index in [2.05, 4.69) is 63.5 Å². The van der Waals surface area contributed by atoms with Gasteiger partial charge in [0.1, 0.15) is 0 Å². The second-order valence-corrected chi connectivity index (χ2v) is 7.57. The van der Waals surface area contributed by atoms with Crippen LogP contribution in [0.3, 0.4) is 0 Å². The SMILES string of the molecule is CCNC(=NCc1ccsc1)NCc1ccccc1CN1CCCCC1.I. The van der Waals surface area contributed by atoms with Crippen molar-refractivity contribution in [1.29, 1.82) is 0 Å². The number of benzene rings is 1. The van der Waals surface area contributed by atoms with E-state index in [1.165, 1.54) is 49.0 Å². The van der Waals surface area contributed by atoms with Crippen LogP contribution in [0.1, 0.15) is 42.9 Å². The summed E-state index contributed by atoms with van der Waals surface area (Å²) in [6.45, 7) is 8.00. The minimum absolute atomic E-state index is 0. The molecule has 2 N–H and O–H groups in total. The molecule has 0 aliphatic carbocycles. The summed E-state index contributed by atoms with van der Waals surface area (Å²) in [6, 6.07) is 10.9. The van der Waals surface area contributed by atoms with Crippen LogP contribution >= 0.6 is 35.3 Å². The second-order valence-electron chi connectivity index (χ2n) is 6.79. The zero-order chi connectivity index (χ0) is 18.0. The minimum atomic E-state index is 0. The first-order chi connectivity index (χ1) is 12.8. The summed E-state index contributed by atoms with van der Waals surface area (Å²) >= 11 is 1.72. The van der Waals surface area contributed by atoms with Crippen LogP contribution in [0.5, 0.6) is 0 Å². The van der Waals surface area contributed by atoms with Crippen LogP contribution in [0.25, 0.3) is 0 Å². The molecule has 6 heteroatoms. The van der Waals surface area contributed by atoms with Gasteiger partial charge in [-0.05, 0) is 66.4 Å². The van der Waals surface area contributed by atoms with E-state index >= 15 is 0 Å². The van der Waals surface area contributed by atoms with E-state index in [9.17, 15) is 0 Å². The van der Waals surface area contributed by atoms with Crippen LogP contribution in [0.15, 0.2) is 46.1 Å². The number of hydrogen-bond donors (Lipinski definition) is 2. The predicted molar refractivity (Wildman–Crippen MR) is 127 cm³/mol. The number of halogens is 1. The summed E-state index contributed by atoms with van der Waals surface area (Å²) in [6.07, 6.45) is 4.05. The van der Waals surface area contributed by atoms with Crippen LogP contribution in [0.4, 0.5) is 0 Å². The first-order valence-corrected chi connectivity index (χ1v) is 10.6. The van der Waals surface area contributed by atoms with Crippen molar-refractivity contribution in [1.82, 2.24) is 15.5 Å². The van der Waals surface area contributed by atoms with Crippen molar-refractivity contribution in [3.05, 3.63) is 57.8 Å². The molecule has 0 radical (unpaired) electrons. The number of thiophene rings is 1. The molecule has 1 aromatic carbocycles. The first-order valence-electron chi connectivity index (χ1n) is 9.67. The molecule has 1 fully saturated rings. The lowest BCUT2D eigenvalue weighted by Gasteiger charge is -2.27. The highest BCUT2D eigenvalue weighted by atomic mass is 127. The third kappa shape index (κ3) is 7.43. The van der Waals surface area contributed by atoms with E-state index in [1.807, 2.05) is 0 Å². The Morgan fingerprint density at radius 2 is 1.85 bits per heavy atom. The summed E-state index contributed by atoms with van der Waals surface area (Å²) in [5, 5.41) is 11.1. The van der Waals surface area contributed by atoms with Gasteiger partial charge in [0.05, 0.1) is 6.54 Å². The van der Waals surface area contributed by atoms with Gasteiger partial charge in [-0.1, -0.05) is 30.7 Å². The third-order valence-corrected chi connectivity index (χ3v) is 5.48. The Labute approximate surface area is 184 Å². The van der Waals surface area contributed by atoms with Gasteiger partial charge >= 0.3 is 0 Å². The lowest BCUT2D eigenvalue weighted by molar-refractivity contribution is 0.220. The molecule has 1 aromatic heterocycles. The zero-order valence-electron chi connectivity index (χ0n) is 16.1.